The molecule has 1 aliphatic heterocycles. The molecule has 0 radical (unpaired) electrons. The zero-order valence-electron chi connectivity index (χ0n) is 38.4. The van der Waals surface area contributed by atoms with Crippen molar-refractivity contribution in [3.8, 4) is 0 Å². The average Bonchev–Trinajstić information content (AvgIpc) is 3.71. The Hall–Kier alpha value is -6.18. The van der Waals surface area contributed by atoms with Crippen LogP contribution < -0.4 is 31.9 Å². The summed E-state index contributed by atoms with van der Waals surface area (Å²) in [7, 11) is 3.09. The van der Waals surface area contributed by atoms with Gasteiger partial charge in [0.05, 0.1) is 30.7 Å². The lowest BCUT2D eigenvalue weighted by Crippen LogP contribution is -2.58. The van der Waals surface area contributed by atoms with E-state index in [4.69, 9.17) is 4.74 Å². The number of nitrogens with zero attached hydrogens (tertiary/aromatic N) is 4. The fourth-order valence-corrected chi connectivity index (χ4v) is 7.85. The Labute approximate surface area is 380 Å². The molecule has 1 saturated carbocycles. The third-order valence-corrected chi connectivity index (χ3v) is 11.3. The standard InChI is InChI=1S/C45H66N10O10/c1-8-16-31(37(57)42(62)48-24-34(56)52-36(43(63)54(6)7)28-19-14-11-15-20-28)50-38(58)29-25-55(44(64)65-45(3,4)5)26-33(29)51-39(59)30(9-2)49-41(61)35(27-17-12-10-13-18-27)53-40(60)32-23-46-21-22-47-32/h11,14-15,19-23,27,29-31,33,35-37,57H,8-10,12-13,16-18,24-26H2,1-7H3,(H,48,62)(H,49,61)(H,50,58)(H,51,59)(H,52,56)(H,53,60)/t29?,30-,31-,33?,35-,36-,37?/m0/s1. The number of aliphatic hydroxyl groups is 1. The number of nitrogens with one attached hydrogen (secondary N) is 6. The van der Waals surface area contributed by atoms with E-state index in [1.165, 1.54) is 28.4 Å². The van der Waals surface area contributed by atoms with E-state index < -0.39 is 102 Å². The number of hydrogen-bond acceptors (Lipinski definition) is 12. The first kappa shape index (κ1) is 51.5. The van der Waals surface area contributed by atoms with Gasteiger partial charge >= 0.3 is 6.09 Å². The highest BCUT2D eigenvalue weighted by atomic mass is 16.6. The lowest BCUT2D eigenvalue weighted by molar-refractivity contribution is -0.136. The van der Waals surface area contributed by atoms with Crippen molar-refractivity contribution in [1.29, 1.82) is 0 Å². The van der Waals surface area contributed by atoms with Crippen molar-refractivity contribution < 1.29 is 48.2 Å². The largest absolute Gasteiger partial charge is 0.444 e. The van der Waals surface area contributed by atoms with E-state index >= 15 is 0 Å². The number of carbonyl (C=O) groups is 8. The van der Waals surface area contributed by atoms with Gasteiger partial charge in [-0.1, -0.05) is 69.9 Å². The predicted octanol–water partition coefficient (Wildman–Crippen LogP) is 1.11. The Morgan fingerprint density at radius 3 is 2.17 bits per heavy atom. The van der Waals surface area contributed by atoms with Crippen molar-refractivity contribution in [1.82, 2.24) is 51.7 Å². The van der Waals surface area contributed by atoms with Crippen LogP contribution in [0.5, 0.6) is 0 Å². The summed E-state index contributed by atoms with van der Waals surface area (Å²) in [6.45, 7) is 7.62. The van der Waals surface area contributed by atoms with Crippen LogP contribution in [0.1, 0.15) is 108 Å². The van der Waals surface area contributed by atoms with Crippen LogP contribution in [0.25, 0.3) is 0 Å². The van der Waals surface area contributed by atoms with Crippen LogP contribution >= 0.6 is 0 Å². The van der Waals surface area contributed by atoms with Crippen molar-refractivity contribution in [2.45, 2.75) is 128 Å². The summed E-state index contributed by atoms with van der Waals surface area (Å²) in [5.41, 5.74) is -0.312. The highest BCUT2D eigenvalue weighted by Gasteiger charge is 2.44. The maximum absolute atomic E-state index is 14.1. The molecule has 7 atom stereocenters. The third-order valence-electron chi connectivity index (χ3n) is 11.3. The molecule has 0 spiro atoms. The second kappa shape index (κ2) is 24.2. The number of hydrogen-bond donors (Lipinski definition) is 7. The minimum absolute atomic E-state index is 0.0369. The second-order valence-electron chi connectivity index (χ2n) is 17.7. The van der Waals surface area contributed by atoms with E-state index in [2.05, 4.69) is 41.9 Å². The molecule has 65 heavy (non-hydrogen) atoms. The topological polar surface area (TPSA) is 270 Å². The van der Waals surface area contributed by atoms with E-state index in [1.54, 1.807) is 79.0 Å². The summed E-state index contributed by atoms with van der Waals surface area (Å²) in [6, 6.07) is 3.33. The number of carbonyl (C=O) groups excluding carboxylic acids is 8. The van der Waals surface area contributed by atoms with Gasteiger partial charge in [-0.3, -0.25) is 38.5 Å². The van der Waals surface area contributed by atoms with Crippen LogP contribution in [0.15, 0.2) is 48.9 Å². The molecule has 2 aliphatic rings. The second-order valence-corrected chi connectivity index (χ2v) is 17.7. The van der Waals surface area contributed by atoms with Crippen LogP contribution in [-0.2, 0) is 33.5 Å². The number of rotatable bonds is 19. The SMILES string of the molecule is CCC[C@H](NC(=O)C1CN(C(=O)OC(C)(C)C)CC1NC(=O)[C@H](CC)NC(=O)[C@@H](NC(=O)c1cnccn1)C1CCCCC1)C(O)C(=O)NCC(=O)N[C@H](C(=O)N(C)C)c1ccccc1. The highest BCUT2D eigenvalue weighted by Crippen LogP contribution is 2.27. The Morgan fingerprint density at radius 1 is 0.877 bits per heavy atom. The molecule has 8 amide bonds. The Bertz CT molecular complexity index is 1960. The van der Waals surface area contributed by atoms with Crippen LogP contribution in [0.4, 0.5) is 4.79 Å². The molecule has 2 heterocycles. The molecule has 3 unspecified atom stereocenters. The summed E-state index contributed by atoms with van der Waals surface area (Å²) in [6.07, 6.45) is 6.39. The van der Waals surface area contributed by atoms with Crippen LogP contribution in [0.3, 0.4) is 0 Å². The first-order chi connectivity index (χ1) is 30.8. The summed E-state index contributed by atoms with van der Waals surface area (Å²) in [5.74, 6) is -5.79. The van der Waals surface area contributed by atoms with Gasteiger partial charge in [0.25, 0.3) is 11.8 Å². The molecule has 1 saturated heterocycles. The number of aromatic nitrogens is 2. The monoisotopic (exact) mass is 906 g/mol. The van der Waals surface area contributed by atoms with Crippen LogP contribution in [0.2, 0.25) is 0 Å². The molecule has 20 heteroatoms. The van der Waals surface area contributed by atoms with Gasteiger partial charge in [-0.2, -0.15) is 0 Å². The van der Waals surface area contributed by atoms with Crippen molar-refractivity contribution in [3.63, 3.8) is 0 Å². The highest BCUT2D eigenvalue weighted by molar-refractivity contribution is 5.97. The molecule has 20 nitrogen and oxygen atoms in total. The van der Waals surface area contributed by atoms with E-state index in [-0.39, 0.29) is 37.5 Å². The van der Waals surface area contributed by atoms with Crippen LogP contribution in [-0.4, -0.2) is 142 Å². The summed E-state index contributed by atoms with van der Waals surface area (Å²) < 4.78 is 5.58. The molecule has 4 rings (SSSR count). The fraction of sp³-hybridized carbons (Fsp3) is 0.600. The zero-order valence-corrected chi connectivity index (χ0v) is 38.4. The smallest absolute Gasteiger partial charge is 0.410 e. The minimum atomic E-state index is -1.82. The van der Waals surface area contributed by atoms with Crippen molar-refractivity contribution in [3.05, 3.63) is 60.2 Å². The number of ether oxygens (including phenoxy) is 1. The maximum Gasteiger partial charge on any atom is 0.410 e. The molecular formula is C45H66N10O10. The maximum atomic E-state index is 14.1. The Morgan fingerprint density at radius 2 is 1.57 bits per heavy atom. The van der Waals surface area contributed by atoms with Gasteiger partial charge in [0.15, 0.2) is 6.10 Å². The molecule has 7 N–H and O–H groups in total. The Balaban J connectivity index is 1.46. The normalized spacial score (nSPS) is 18.7. The van der Waals surface area contributed by atoms with Crippen molar-refractivity contribution in [2.75, 3.05) is 33.7 Å². The lowest BCUT2D eigenvalue weighted by atomic mass is 9.83. The van der Waals surface area contributed by atoms with Gasteiger partial charge in [0.2, 0.25) is 29.5 Å². The molecular weight excluding hydrogens is 841 g/mol. The van der Waals surface area contributed by atoms with Crippen LogP contribution in [0, 0.1) is 11.8 Å². The number of likely N-dealkylation sites (tertiary alicyclic amines) is 1. The third kappa shape index (κ3) is 15.2. The minimum Gasteiger partial charge on any atom is -0.444 e. The predicted molar refractivity (Wildman–Crippen MR) is 237 cm³/mol. The summed E-state index contributed by atoms with van der Waals surface area (Å²) in [4.78, 5) is 118. The number of amides is 8. The average molecular weight is 907 g/mol. The van der Waals surface area contributed by atoms with Crippen molar-refractivity contribution >= 4 is 47.4 Å². The number of benzene rings is 1. The summed E-state index contributed by atoms with van der Waals surface area (Å²) in [5, 5.41) is 27.4. The van der Waals surface area contributed by atoms with Crippen molar-refractivity contribution in [2.24, 2.45) is 11.8 Å². The molecule has 356 valence electrons. The molecule has 0 bridgehead atoms. The molecule has 1 aromatic heterocycles. The van der Waals surface area contributed by atoms with E-state index in [9.17, 15) is 43.5 Å². The lowest BCUT2D eigenvalue weighted by Gasteiger charge is -2.31. The summed E-state index contributed by atoms with van der Waals surface area (Å²) >= 11 is 0. The number of likely N-dealkylation sites (N-methyl/N-ethyl adjacent to an activating group) is 1. The zero-order chi connectivity index (χ0) is 47.8. The van der Waals surface area contributed by atoms with Gasteiger partial charge in [-0.15, -0.1) is 0 Å². The molecule has 2 fully saturated rings. The van der Waals surface area contributed by atoms with Gasteiger partial charge < -0.3 is 51.5 Å². The van der Waals surface area contributed by atoms with Gasteiger partial charge in [0.1, 0.15) is 29.4 Å². The van der Waals surface area contributed by atoms with Gasteiger partial charge in [-0.25, -0.2) is 9.78 Å². The molecule has 1 aromatic carbocycles. The molecule has 2 aromatic rings. The fourth-order valence-electron chi connectivity index (χ4n) is 7.85. The van der Waals surface area contributed by atoms with E-state index in [0.717, 1.165) is 19.3 Å². The quantitative estimate of drug-likeness (QED) is 0.105. The van der Waals surface area contributed by atoms with E-state index in [1.807, 2.05) is 0 Å². The Kier molecular flexibility index (Phi) is 19.2. The first-order valence-electron chi connectivity index (χ1n) is 22.3. The molecule has 1 aliphatic carbocycles. The number of aliphatic hydroxyl groups excluding tert-OH is 1. The van der Waals surface area contributed by atoms with Gasteiger partial charge in [0, 0.05) is 39.6 Å². The van der Waals surface area contributed by atoms with E-state index in [0.29, 0.717) is 24.8 Å². The first-order valence-corrected chi connectivity index (χ1v) is 22.3. The van der Waals surface area contributed by atoms with Gasteiger partial charge in [-0.05, 0) is 57.9 Å².